The van der Waals surface area contributed by atoms with Crippen molar-refractivity contribution in [1.82, 2.24) is 9.38 Å². The van der Waals surface area contributed by atoms with Crippen LogP contribution in [-0.4, -0.2) is 15.4 Å². The maximum absolute atomic E-state index is 13.0. The number of amides is 2. The highest BCUT2D eigenvalue weighted by molar-refractivity contribution is 7.98. The number of hydrogen-bond acceptors (Lipinski definition) is 4. The number of halogens is 1. The van der Waals surface area contributed by atoms with Gasteiger partial charge in [-0.05, 0) is 48.5 Å². The lowest BCUT2D eigenvalue weighted by Crippen LogP contribution is -2.19. The molecule has 0 aliphatic carbocycles. The molecular formula is C22H17FN4O2S. The minimum atomic E-state index is -0.434. The number of carbonyl (C=O) groups is 1. The summed E-state index contributed by atoms with van der Waals surface area (Å²) in [6, 6.07) is 19.4. The molecular weight excluding hydrogens is 403 g/mol. The molecule has 2 amide bonds. The predicted molar refractivity (Wildman–Crippen MR) is 117 cm³/mol. The second-order valence-corrected chi connectivity index (χ2v) is 7.40. The summed E-state index contributed by atoms with van der Waals surface area (Å²) in [6.07, 6.45) is 1.68. The Balaban J connectivity index is 1.46. The summed E-state index contributed by atoms with van der Waals surface area (Å²) in [5.74, 6) is 0.100. The van der Waals surface area contributed by atoms with Gasteiger partial charge in [0.15, 0.2) is 0 Å². The lowest BCUT2D eigenvalue weighted by atomic mass is 10.3. The van der Waals surface area contributed by atoms with Crippen LogP contribution in [-0.2, 0) is 5.75 Å². The van der Waals surface area contributed by atoms with E-state index in [0.717, 1.165) is 4.90 Å². The largest absolute Gasteiger partial charge is 0.323 e. The number of aromatic nitrogens is 2. The van der Waals surface area contributed by atoms with Gasteiger partial charge in [-0.3, -0.25) is 9.20 Å². The molecule has 0 radical (unpaired) electrons. The summed E-state index contributed by atoms with van der Waals surface area (Å²) >= 11 is 1.46. The van der Waals surface area contributed by atoms with Crippen LogP contribution in [0.5, 0.6) is 0 Å². The van der Waals surface area contributed by atoms with Crippen LogP contribution in [0.3, 0.4) is 0 Å². The fourth-order valence-electron chi connectivity index (χ4n) is 2.84. The zero-order chi connectivity index (χ0) is 20.9. The van der Waals surface area contributed by atoms with Gasteiger partial charge in [0.05, 0.1) is 11.4 Å². The van der Waals surface area contributed by atoms with Crippen molar-refractivity contribution in [2.45, 2.75) is 10.6 Å². The Morgan fingerprint density at radius 3 is 2.60 bits per heavy atom. The molecule has 0 unspecified atom stereocenters. The van der Waals surface area contributed by atoms with Crippen LogP contribution in [0.4, 0.5) is 20.6 Å². The van der Waals surface area contributed by atoms with Crippen LogP contribution < -0.4 is 16.2 Å². The Bertz CT molecular complexity index is 1260. The molecule has 0 aliphatic heterocycles. The minimum absolute atomic E-state index is 0.138. The third-order valence-electron chi connectivity index (χ3n) is 4.24. The van der Waals surface area contributed by atoms with Crippen LogP contribution in [0.1, 0.15) is 5.69 Å². The third kappa shape index (κ3) is 4.66. The van der Waals surface area contributed by atoms with Crippen molar-refractivity contribution in [3.63, 3.8) is 0 Å². The van der Waals surface area contributed by atoms with E-state index in [9.17, 15) is 14.0 Å². The van der Waals surface area contributed by atoms with Crippen molar-refractivity contribution >= 4 is 34.8 Å². The first-order chi connectivity index (χ1) is 14.6. The smallest absolute Gasteiger partial charge is 0.308 e. The summed E-state index contributed by atoms with van der Waals surface area (Å²) in [7, 11) is 0. The molecule has 0 saturated heterocycles. The fourth-order valence-corrected chi connectivity index (χ4v) is 3.74. The van der Waals surface area contributed by atoms with Gasteiger partial charge in [0.2, 0.25) is 0 Å². The third-order valence-corrected chi connectivity index (χ3v) is 5.34. The molecule has 0 bridgehead atoms. The highest BCUT2D eigenvalue weighted by Gasteiger charge is 2.09. The Hall–Kier alpha value is -3.65. The highest BCUT2D eigenvalue weighted by Crippen LogP contribution is 2.29. The summed E-state index contributed by atoms with van der Waals surface area (Å²) in [4.78, 5) is 29.9. The lowest BCUT2D eigenvalue weighted by molar-refractivity contribution is 0.262. The van der Waals surface area contributed by atoms with Crippen LogP contribution >= 0.6 is 11.8 Å². The van der Waals surface area contributed by atoms with Crippen LogP contribution in [0.2, 0.25) is 0 Å². The number of nitrogens with one attached hydrogen (secondary N) is 2. The fraction of sp³-hybridized carbons (Fsp3) is 0.0455. The molecule has 0 aliphatic rings. The molecule has 2 heterocycles. The van der Waals surface area contributed by atoms with Crippen molar-refractivity contribution in [3.05, 3.63) is 101 Å². The van der Waals surface area contributed by atoms with Crippen molar-refractivity contribution in [1.29, 1.82) is 0 Å². The minimum Gasteiger partial charge on any atom is -0.308 e. The molecule has 0 atom stereocenters. The van der Waals surface area contributed by atoms with Gasteiger partial charge in [0.1, 0.15) is 11.5 Å². The molecule has 0 fully saturated rings. The SMILES string of the molecule is O=C(Nc1ccc(F)cc1)Nc1ccccc1SCc1cc(=O)n2ccccc2n1. The first-order valence-corrected chi connectivity index (χ1v) is 10.1. The van der Waals surface area contributed by atoms with E-state index < -0.39 is 6.03 Å². The number of thioether (sulfide) groups is 1. The van der Waals surface area contributed by atoms with Gasteiger partial charge < -0.3 is 10.6 Å². The van der Waals surface area contributed by atoms with Crippen LogP contribution in [0.25, 0.3) is 5.65 Å². The molecule has 150 valence electrons. The first kappa shape index (κ1) is 19.7. The van der Waals surface area contributed by atoms with Gasteiger partial charge in [-0.1, -0.05) is 18.2 Å². The molecule has 4 aromatic rings. The number of anilines is 2. The number of carbonyl (C=O) groups excluding carboxylic acids is 1. The highest BCUT2D eigenvalue weighted by atomic mass is 32.2. The van der Waals surface area contributed by atoms with Crippen molar-refractivity contribution in [2.24, 2.45) is 0 Å². The zero-order valence-corrected chi connectivity index (χ0v) is 16.5. The standard InChI is InChI=1S/C22H17FN4O2S/c23-15-8-10-16(11-9-15)25-22(29)26-18-5-1-2-6-19(18)30-14-17-13-21(28)27-12-4-3-7-20(27)24-17/h1-13H,14H2,(H2,25,26,29). The van der Waals surface area contributed by atoms with E-state index in [0.29, 0.717) is 28.5 Å². The Morgan fingerprint density at radius 2 is 1.77 bits per heavy atom. The van der Waals surface area contributed by atoms with Gasteiger partial charge in [0, 0.05) is 28.6 Å². The van der Waals surface area contributed by atoms with E-state index in [1.54, 1.807) is 24.4 Å². The summed E-state index contributed by atoms with van der Waals surface area (Å²) in [5, 5.41) is 5.46. The van der Waals surface area contributed by atoms with Gasteiger partial charge >= 0.3 is 6.03 Å². The number of hydrogen-bond donors (Lipinski definition) is 2. The monoisotopic (exact) mass is 420 g/mol. The first-order valence-electron chi connectivity index (χ1n) is 9.11. The topological polar surface area (TPSA) is 75.5 Å². The summed E-state index contributed by atoms with van der Waals surface area (Å²) in [6.45, 7) is 0. The zero-order valence-electron chi connectivity index (χ0n) is 15.7. The second kappa shape index (κ2) is 8.79. The number of nitrogens with zero attached hydrogens (tertiary/aromatic N) is 2. The molecule has 2 N–H and O–H groups in total. The molecule has 8 heteroatoms. The molecule has 0 spiro atoms. The quantitative estimate of drug-likeness (QED) is 0.456. The van der Waals surface area contributed by atoms with Gasteiger partial charge in [-0.15, -0.1) is 11.8 Å². The predicted octanol–water partition coefficient (Wildman–Crippen LogP) is 4.77. The number of pyridine rings is 1. The number of urea groups is 1. The van der Waals surface area contributed by atoms with E-state index in [-0.39, 0.29) is 11.4 Å². The normalized spacial score (nSPS) is 10.7. The average molecular weight is 420 g/mol. The molecule has 6 nitrogen and oxygen atoms in total. The Morgan fingerprint density at radius 1 is 1.00 bits per heavy atom. The molecule has 2 aromatic carbocycles. The Kier molecular flexibility index (Phi) is 5.76. The van der Waals surface area contributed by atoms with Crippen LogP contribution in [0, 0.1) is 5.82 Å². The maximum Gasteiger partial charge on any atom is 0.323 e. The van der Waals surface area contributed by atoms with Crippen LogP contribution in [0.15, 0.2) is 88.7 Å². The molecule has 2 aromatic heterocycles. The van der Waals surface area contributed by atoms with E-state index in [1.807, 2.05) is 24.3 Å². The van der Waals surface area contributed by atoms with Gasteiger partial charge in [-0.25, -0.2) is 14.2 Å². The average Bonchev–Trinajstić information content (AvgIpc) is 2.75. The van der Waals surface area contributed by atoms with E-state index in [2.05, 4.69) is 15.6 Å². The van der Waals surface area contributed by atoms with E-state index in [1.165, 1.54) is 46.5 Å². The van der Waals surface area contributed by atoms with E-state index in [4.69, 9.17) is 0 Å². The molecule has 0 saturated carbocycles. The number of para-hydroxylation sites is 1. The second-order valence-electron chi connectivity index (χ2n) is 6.39. The summed E-state index contributed by atoms with van der Waals surface area (Å²) in [5.41, 5.74) is 2.22. The van der Waals surface area contributed by atoms with Crippen molar-refractivity contribution < 1.29 is 9.18 Å². The van der Waals surface area contributed by atoms with Gasteiger partial charge in [0.25, 0.3) is 5.56 Å². The number of fused-ring (bicyclic) bond motifs is 1. The van der Waals surface area contributed by atoms with Gasteiger partial charge in [-0.2, -0.15) is 0 Å². The lowest BCUT2D eigenvalue weighted by Gasteiger charge is -2.12. The van der Waals surface area contributed by atoms with Crippen molar-refractivity contribution in [3.8, 4) is 0 Å². The van der Waals surface area contributed by atoms with Crippen molar-refractivity contribution in [2.75, 3.05) is 10.6 Å². The van der Waals surface area contributed by atoms with E-state index >= 15 is 0 Å². The molecule has 30 heavy (non-hydrogen) atoms. The molecule has 4 rings (SSSR count). The Labute approximate surface area is 175 Å². The maximum atomic E-state index is 13.0. The number of benzene rings is 2. The summed E-state index contributed by atoms with van der Waals surface area (Å²) < 4.78 is 14.5. The number of rotatable bonds is 5.